The molecule has 0 unspecified atom stereocenters. The minimum atomic E-state index is 0.118. The van der Waals surface area contributed by atoms with Gasteiger partial charge in [0, 0.05) is 70.8 Å². The van der Waals surface area contributed by atoms with Crippen LogP contribution >= 0.6 is 0 Å². The van der Waals surface area contributed by atoms with Gasteiger partial charge in [-0.25, -0.2) is 15.0 Å². The maximum absolute atomic E-state index is 12.3. The number of likely N-dealkylation sites (tertiary alicyclic amines) is 1. The molecule has 7 nitrogen and oxygen atoms in total. The van der Waals surface area contributed by atoms with E-state index in [1.165, 1.54) is 11.9 Å². The van der Waals surface area contributed by atoms with Crippen molar-refractivity contribution in [3.8, 4) is 0 Å². The number of amides is 1. The summed E-state index contributed by atoms with van der Waals surface area (Å²) in [6.45, 7) is 5.20. The zero-order valence-corrected chi connectivity index (χ0v) is 17.1. The number of hydrogen-bond acceptors (Lipinski definition) is 6. The fraction of sp³-hybridized carbons (Fsp3) is 0.524. The van der Waals surface area contributed by atoms with Gasteiger partial charge in [0.15, 0.2) is 0 Å². The van der Waals surface area contributed by atoms with Crippen LogP contribution in [0.1, 0.15) is 37.3 Å². The molecule has 7 heteroatoms. The summed E-state index contributed by atoms with van der Waals surface area (Å²) in [4.78, 5) is 31.3. The predicted molar refractivity (Wildman–Crippen MR) is 110 cm³/mol. The van der Waals surface area contributed by atoms with Crippen LogP contribution in [0.3, 0.4) is 0 Å². The van der Waals surface area contributed by atoms with Crippen molar-refractivity contribution < 1.29 is 4.79 Å². The third-order valence-electron chi connectivity index (χ3n) is 5.28. The Kier molecular flexibility index (Phi) is 6.92. The molecule has 28 heavy (non-hydrogen) atoms. The predicted octanol–water partition coefficient (Wildman–Crippen LogP) is 2.34. The van der Waals surface area contributed by atoms with Gasteiger partial charge in [-0.2, -0.15) is 0 Å². The van der Waals surface area contributed by atoms with Crippen molar-refractivity contribution in [2.24, 2.45) is 0 Å². The lowest BCUT2D eigenvalue weighted by Gasteiger charge is -2.30. The molecule has 2 aromatic heterocycles. The molecule has 1 aliphatic heterocycles. The highest BCUT2D eigenvalue weighted by atomic mass is 16.2. The summed E-state index contributed by atoms with van der Waals surface area (Å²) in [5, 5.41) is 0. The minimum absolute atomic E-state index is 0.118. The Morgan fingerprint density at radius 3 is 2.68 bits per heavy atom. The number of rotatable bonds is 6. The summed E-state index contributed by atoms with van der Waals surface area (Å²) in [5.74, 6) is 1.10. The molecule has 1 amide bonds. The van der Waals surface area contributed by atoms with Crippen molar-refractivity contribution >= 4 is 11.7 Å². The van der Waals surface area contributed by atoms with Gasteiger partial charge in [-0.15, -0.1) is 0 Å². The second-order valence-corrected chi connectivity index (χ2v) is 7.67. The largest absolute Gasteiger partial charge is 0.363 e. The van der Waals surface area contributed by atoms with Crippen LogP contribution in [0.2, 0.25) is 0 Å². The van der Waals surface area contributed by atoms with Crippen LogP contribution in [0.4, 0.5) is 5.82 Å². The zero-order valence-electron chi connectivity index (χ0n) is 17.1. The quantitative estimate of drug-likeness (QED) is 0.764. The van der Waals surface area contributed by atoms with Gasteiger partial charge in [-0.05, 0) is 43.5 Å². The van der Waals surface area contributed by atoms with Gasteiger partial charge < -0.3 is 9.80 Å². The lowest BCUT2D eigenvalue weighted by molar-refractivity contribution is -0.132. The fourth-order valence-corrected chi connectivity index (χ4v) is 3.78. The molecule has 3 rings (SSSR count). The number of carbonyl (C=O) groups is 1. The van der Waals surface area contributed by atoms with Crippen LogP contribution in [0.25, 0.3) is 0 Å². The van der Waals surface area contributed by atoms with Crippen molar-refractivity contribution in [3.63, 3.8) is 0 Å². The summed E-state index contributed by atoms with van der Waals surface area (Å²) in [6, 6.07) is 4.50. The summed E-state index contributed by atoms with van der Waals surface area (Å²) < 4.78 is 0. The smallest absolute Gasteiger partial charge is 0.219 e. The average molecular weight is 383 g/mol. The van der Waals surface area contributed by atoms with Crippen LogP contribution in [0.5, 0.6) is 0 Å². The van der Waals surface area contributed by atoms with E-state index in [9.17, 15) is 4.79 Å². The molecule has 0 N–H and O–H groups in total. The Labute approximate surface area is 167 Å². The van der Waals surface area contributed by atoms with Crippen LogP contribution in [0, 0.1) is 0 Å². The number of carbonyl (C=O) groups excluding carboxylic acids is 1. The van der Waals surface area contributed by atoms with Crippen LogP contribution in [-0.2, 0) is 17.9 Å². The van der Waals surface area contributed by atoms with Gasteiger partial charge in [0.2, 0.25) is 5.91 Å². The van der Waals surface area contributed by atoms with Crippen molar-refractivity contribution in [2.75, 3.05) is 32.1 Å². The molecule has 0 saturated carbocycles. The summed E-state index contributed by atoms with van der Waals surface area (Å²) in [7, 11) is 4.02. The number of hydrogen-bond donors (Lipinski definition) is 0. The van der Waals surface area contributed by atoms with Crippen molar-refractivity contribution in [3.05, 3.63) is 48.2 Å². The van der Waals surface area contributed by atoms with Crippen LogP contribution < -0.4 is 4.90 Å². The van der Waals surface area contributed by atoms with E-state index in [2.05, 4.69) is 32.0 Å². The van der Waals surface area contributed by atoms with Gasteiger partial charge in [0.1, 0.15) is 12.1 Å². The molecule has 150 valence electrons. The lowest BCUT2D eigenvalue weighted by atomic mass is 10.1. The van der Waals surface area contributed by atoms with E-state index in [0.29, 0.717) is 6.54 Å². The average Bonchev–Trinajstić information content (AvgIpc) is 2.92. The first-order valence-corrected chi connectivity index (χ1v) is 9.88. The second kappa shape index (κ2) is 9.59. The number of aromatic nitrogens is 3. The number of pyridine rings is 1. The van der Waals surface area contributed by atoms with E-state index < -0.39 is 0 Å². The molecule has 0 aliphatic carbocycles. The Morgan fingerprint density at radius 1 is 1.18 bits per heavy atom. The normalized spacial score (nSPS) is 17.8. The van der Waals surface area contributed by atoms with E-state index >= 15 is 0 Å². The topological polar surface area (TPSA) is 65.5 Å². The fourth-order valence-electron chi connectivity index (χ4n) is 3.78. The van der Waals surface area contributed by atoms with E-state index in [1.807, 2.05) is 30.1 Å². The van der Waals surface area contributed by atoms with Crippen molar-refractivity contribution in [1.82, 2.24) is 24.8 Å². The molecule has 3 heterocycles. The molecule has 2 aromatic rings. The minimum Gasteiger partial charge on any atom is -0.363 e. The van der Waals surface area contributed by atoms with Gasteiger partial charge in [-0.3, -0.25) is 9.69 Å². The summed E-state index contributed by atoms with van der Waals surface area (Å²) in [5.41, 5.74) is 2.26. The van der Waals surface area contributed by atoms with Crippen LogP contribution in [-0.4, -0.2) is 63.9 Å². The first-order chi connectivity index (χ1) is 13.5. The lowest BCUT2D eigenvalue weighted by Crippen LogP contribution is -2.39. The SMILES string of the molecule is CC(=O)N(Cc1cncnc1)[C@@H]1CCCN(Cc2ccnc(N(C)C)c2)CC1. The molecule has 0 bridgehead atoms. The molecule has 0 radical (unpaired) electrons. The Bertz CT molecular complexity index is 767. The summed E-state index contributed by atoms with van der Waals surface area (Å²) in [6.07, 6.45) is 10.1. The maximum Gasteiger partial charge on any atom is 0.219 e. The van der Waals surface area contributed by atoms with Crippen molar-refractivity contribution in [2.45, 2.75) is 45.3 Å². The Morgan fingerprint density at radius 2 is 1.96 bits per heavy atom. The highest BCUT2D eigenvalue weighted by molar-refractivity contribution is 5.73. The maximum atomic E-state index is 12.3. The molecule has 1 saturated heterocycles. The summed E-state index contributed by atoms with van der Waals surface area (Å²) >= 11 is 0. The van der Waals surface area contributed by atoms with Gasteiger partial charge >= 0.3 is 0 Å². The third-order valence-corrected chi connectivity index (χ3v) is 5.28. The zero-order chi connectivity index (χ0) is 19.9. The van der Waals surface area contributed by atoms with E-state index in [1.54, 1.807) is 19.3 Å². The molecule has 1 fully saturated rings. The highest BCUT2D eigenvalue weighted by Crippen LogP contribution is 2.21. The molecular formula is C21H30N6O. The second-order valence-electron chi connectivity index (χ2n) is 7.67. The molecule has 0 aromatic carbocycles. The highest BCUT2D eigenvalue weighted by Gasteiger charge is 2.25. The Hall–Kier alpha value is -2.54. The Balaban J connectivity index is 1.61. The van der Waals surface area contributed by atoms with E-state index in [-0.39, 0.29) is 11.9 Å². The van der Waals surface area contributed by atoms with Gasteiger partial charge in [-0.1, -0.05) is 0 Å². The van der Waals surface area contributed by atoms with E-state index in [4.69, 9.17) is 0 Å². The monoisotopic (exact) mass is 382 g/mol. The van der Waals surface area contributed by atoms with Crippen molar-refractivity contribution in [1.29, 1.82) is 0 Å². The molecular weight excluding hydrogens is 352 g/mol. The first-order valence-electron chi connectivity index (χ1n) is 9.88. The third kappa shape index (κ3) is 5.48. The van der Waals surface area contributed by atoms with E-state index in [0.717, 1.165) is 50.3 Å². The van der Waals surface area contributed by atoms with Gasteiger partial charge in [0.05, 0.1) is 0 Å². The molecule has 1 aliphatic rings. The molecule has 0 spiro atoms. The molecule has 1 atom stereocenters. The number of nitrogens with zero attached hydrogens (tertiary/aromatic N) is 6. The standard InChI is InChI=1S/C21H30N6O/c1-17(28)27(15-19-12-22-16-23-13-19)20-5-4-9-26(10-7-20)14-18-6-8-24-21(11-18)25(2)3/h6,8,11-13,16,20H,4-5,7,9-10,14-15H2,1-3H3/t20-/m1/s1. The van der Waals surface area contributed by atoms with Gasteiger partial charge in [0.25, 0.3) is 0 Å². The first kappa shape index (κ1) is 20.2. The van der Waals surface area contributed by atoms with Crippen LogP contribution in [0.15, 0.2) is 37.1 Å². The number of anilines is 1.